The monoisotopic (exact) mass is 234 g/mol. The van der Waals surface area contributed by atoms with Crippen LogP contribution in [0.15, 0.2) is 18.9 Å². The molecule has 0 saturated carbocycles. The summed E-state index contributed by atoms with van der Waals surface area (Å²) < 4.78 is 10.8. The highest BCUT2D eigenvalue weighted by Gasteiger charge is 2.20. The molecule has 5 nitrogen and oxygen atoms in total. The van der Waals surface area contributed by atoms with Gasteiger partial charge < -0.3 is 15.5 Å². The average molecular weight is 234 g/mol. The summed E-state index contributed by atoms with van der Waals surface area (Å²) in [5.41, 5.74) is 5.58. The third-order valence-corrected chi connectivity index (χ3v) is 4.04. The van der Waals surface area contributed by atoms with Crippen molar-refractivity contribution < 1.29 is 14.4 Å². The molecule has 1 atom stereocenters. The molecule has 1 aromatic heterocycles. The van der Waals surface area contributed by atoms with Crippen molar-refractivity contribution in [2.45, 2.75) is 12.5 Å². The van der Waals surface area contributed by atoms with Crippen molar-refractivity contribution in [3.8, 4) is 0 Å². The molecule has 0 amide bonds. The molecule has 0 spiro atoms. The summed E-state index contributed by atoms with van der Waals surface area (Å²) in [5.74, 6) is 0. The molecule has 0 bridgehead atoms. The quantitative estimate of drug-likeness (QED) is 0.503. The Bertz CT molecular complexity index is 373. The number of hydrogen-bond donors (Lipinski definition) is 3. The van der Waals surface area contributed by atoms with Crippen LogP contribution < -0.4 is 10.4 Å². The Morgan fingerprint density at radius 3 is 2.86 bits per heavy atom. The van der Waals surface area contributed by atoms with Crippen LogP contribution >= 0.6 is 18.9 Å². The average Bonchev–Trinajstić information content (AvgIpc) is 2.51. The number of rotatable bonds is 4. The minimum Gasteiger partial charge on any atom is -0.324 e. The van der Waals surface area contributed by atoms with E-state index >= 15 is 0 Å². The topological polar surface area (TPSA) is 96.4 Å². The highest BCUT2D eigenvalue weighted by Crippen LogP contribution is 2.35. The Balaban J connectivity index is 2.79. The van der Waals surface area contributed by atoms with Crippen LogP contribution in [0.5, 0.6) is 0 Å². The molecule has 0 unspecified atom stereocenters. The van der Waals surface area contributed by atoms with Crippen molar-refractivity contribution in [3.63, 3.8) is 0 Å². The van der Waals surface area contributed by atoms with Gasteiger partial charge in [0.05, 0.1) is 11.2 Å². The molecule has 7 heteroatoms. The molecule has 1 rings (SSSR count). The van der Waals surface area contributed by atoms with Crippen molar-refractivity contribution in [1.82, 2.24) is 4.98 Å². The molecule has 0 aliphatic carbocycles. The maximum atomic E-state index is 10.8. The number of nitrogens with two attached hydrogens (primary N) is 1. The van der Waals surface area contributed by atoms with E-state index in [1.165, 1.54) is 6.20 Å². The van der Waals surface area contributed by atoms with E-state index in [9.17, 15) is 4.57 Å². The first-order valence-corrected chi connectivity index (χ1v) is 6.25. The number of thiazole rings is 1. The molecular weight excluding hydrogens is 223 g/mol. The summed E-state index contributed by atoms with van der Waals surface area (Å²) in [6.45, 7) is 3.51. The predicted octanol–water partition coefficient (Wildman–Crippen LogP) is 0.00190. The minimum atomic E-state index is -4.16. The lowest BCUT2D eigenvalue weighted by molar-refractivity contribution is 0.388. The molecule has 78 valence electrons. The minimum absolute atomic E-state index is 0.0243. The lowest BCUT2D eigenvalue weighted by atomic mass is 10.2. The molecule has 0 aliphatic rings. The summed E-state index contributed by atoms with van der Waals surface area (Å²) in [6, 6.07) is -0.231. The van der Waals surface area contributed by atoms with Crippen LogP contribution in [0.1, 0.15) is 5.01 Å². The molecular formula is C7H11N2O3PS. The zero-order chi connectivity index (χ0) is 10.8. The van der Waals surface area contributed by atoms with Gasteiger partial charge in [-0.25, -0.2) is 4.98 Å². The molecule has 14 heavy (non-hydrogen) atoms. The Morgan fingerprint density at radius 1 is 1.79 bits per heavy atom. The SMILES string of the molecule is C=C[C@@H](N)Cc1ncc(P(=O)(O)O)s1. The van der Waals surface area contributed by atoms with E-state index in [2.05, 4.69) is 11.6 Å². The van der Waals surface area contributed by atoms with Gasteiger partial charge in [0.25, 0.3) is 0 Å². The molecule has 1 aromatic rings. The van der Waals surface area contributed by atoms with Gasteiger partial charge in [-0.15, -0.1) is 17.9 Å². The van der Waals surface area contributed by atoms with Crippen LogP contribution in [0.2, 0.25) is 0 Å². The van der Waals surface area contributed by atoms with Crippen LogP contribution in [0.3, 0.4) is 0 Å². The third-order valence-electron chi connectivity index (χ3n) is 1.54. The van der Waals surface area contributed by atoms with E-state index in [-0.39, 0.29) is 10.7 Å². The molecule has 4 N–H and O–H groups in total. The lowest BCUT2D eigenvalue weighted by Gasteiger charge is -2.01. The fourth-order valence-corrected chi connectivity index (χ4v) is 2.54. The molecule has 0 fully saturated rings. The Kier molecular flexibility index (Phi) is 3.58. The Hall–Kier alpha value is -0.520. The first kappa shape index (κ1) is 11.6. The van der Waals surface area contributed by atoms with E-state index < -0.39 is 7.60 Å². The second kappa shape index (κ2) is 4.33. The van der Waals surface area contributed by atoms with E-state index in [4.69, 9.17) is 15.5 Å². The summed E-state index contributed by atoms with van der Waals surface area (Å²) in [7, 11) is -4.16. The van der Waals surface area contributed by atoms with Crippen molar-refractivity contribution in [3.05, 3.63) is 23.9 Å². The normalized spacial score (nSPS) is 13.9. The van der Waals surface area contributed by atoms with Crippen LogP contribution in [-0.2, 0) is 11.0 Å². The van der Waals surface area contributed by atoms with Crippen LogP contribution in [0.25, 0.3) is 0 Å². The van der Waals surface area contributed by atoms with Gasteiger partial charge in [-0.2, -0.15) is 0 Å². The smallest absolute Gasteiger partial charge is 0.324 e. The van der Waals surface area contributed by atoms with Gasteiger partial charge in [0, 0.05) is 12.5 Å². The lowest BCUT2D eigenvalue weighted by Crippen LogP contribution is -2.19. The summed E-state index contributed by atoms with van der Waals surface area (Å²) in [6.07, 6.45) is 3.21. The van der Waals surface area contributed by atoms with Crippen molar-refractivity contribution in [2.75, 3.05) is 0 Å². The predicted molar refractivity (Wildman–Crippen MR) is 55.7 cm³/mol. The van der Waals surface area contributed by atoms with Crippen molar-refractivity contribution in [1.29, 1.82) is 0 Å². The van der Waals surface area contributed by atoms with E-state index in [0.717, 1.165) is 11.3 Å². The summed E-state index contributed by atoms with van der Waals surface area (Å²) in [4.78, 5) is 21.5. The van der Waals surface area contributed by atoms with E-state index in [1.54, 1.807) is 6.08 Å². The van der Waals surface area contributed by atoms with Crippen molar-refractivity contribution >= 4 is 23.6 Å². The van der Waals surface area contributed by atoms with E-state index in [1.807, 2.05) is 0 Å². The van der Waals surface area contributed by atoms with Gasteiger partial charge in [0.15, 0.2) is 0 Å². The Morgan fingerprint density at radius 2 is 2.43 bits per heavy atom. The van der Waals surface area contributed by atoms with Gasteiger partial charge >= 0.3 is 7.60 Å². The highest BCUT2D eigenvalue weighted by molar-refractivity contribution is 7.67. The fourth-order valence-electron chi connectivity index (χ4n) is 0.815. The van der Waals surface area contributed by atoms with Gasteiger partial charge in [-0.1, -0.05) is 6.08 Å². The van der Waals surface area contributed by atoms with Crippen LogP contribution in [-0.4, -0.2) is 20.8 Å². The summed E-state index contributed by atoms with van der Waals surface area (Å²) in [5, 5.41) is 0.607. The third kappa shape index (κ3) is 3.01. The van der Waals surface area contributed by atoms with Crippen LogP contribution in [0.4, 0.5) is 0 Å². The zero-order valence-electron chi connectivity index (χ0n) is 7.33. The van der Waals surface area contributed by atoms with Crippen molar-refractivity contribution in [2.24, 2.45) is 5.73 Å². The summed E-state index contributed by atoms with van der Waals surface area (Å²) >= 11 is 0.982. The molecule has 0 aromatic carbocycles. The van der Waals surface area contributed by atoms with Gasteiger partial charge in [-0.05, 0) is 0 Å². The first-order chi connectivity index (χ1) is 6.43. The standard InChI is InChI=1S/C7H11N2O3PS/c1-2-5(8)3-6-9-4-7(14-6)13(10,11)12/h2,4-5H,1,3,8H2,(H2,10,11,12)/t5-/m1/s1. The second-order valence-corrected chi connectivity index (χ2v) is 5.73. The maximum Gasteiger partial charge on any atom is 0.367 e. The van der Waals surface area contributed by atoms with Gasteiger partial charge in [0.1, 0.15) is 4.62 Å². The fraction of sp³-hybridized carbons (Fsp3) is 0.286. The maximum absolute atomic E-state index is 10.8. The van der Waals surface area contributed by atoms with Gasteiger partial charge in [-0.3, -0.25) is 4.57 Å². The largest absolute Gasteiger partial charge is 0.367 e. The highest BCUT2D eigenvalue weighted by atomic mass is 32.1. The number of aromatic nitrogens is 1. The van der Waals surface area contributed by atoms with Crippen LogP contribution in [0, 0.1) is 0 Å². The molecule has 1 heterocycles. The molecule has 0 saturated heterocycles. The Labute approximate surface area is 85.5 Å². The van der Waals surface area contributed by atoms with Gasteiger partial charge in [0.2, 0.25) is 0 Å². The number of nitrogens with zero attached hydrogens (tertiary/aromatic N) is 1. The second-order valence-electron chi connectivity index (χ2n) is 2.74. The first-order valence-electron chi connectivity index (χ1n) is 3.82. The van der Waals surface area contributed by atoms with E-state index in [0.29, 0.717) is 11.4 Å². The molecule has 0 radical (unpaired) electrons. The number of hydrogen-bond acceptors (Lipinski definition) is 4. The zero-order valence-corrected chi connectivity index (χ0v) is 9.04. The molecule has 0 aliphatic heterocycles.